The van der Waals surface area contributed by atoms with Crippen LogP contribution < -0.4 is 4.57 Å². The molecule has 0 aromatic carbocycles. The van der Waals surface area contributed by atoms with Crippen LogP contribution in [-0.4, -0.2) is 38.1 Å². The molecule has 6 rings (SSSR count). The lowest BCUT2D eigenvalue weighted by molar-refractivity contribution is -0.695. The van der Waals surface area contributed by atoms with Crippen LogP contribution >= 0.6 is 22.7 Å². The van der Waals surface area contributed by atoms with E-state index in [1.54, 1.807) is 22.7 Å². The van der Waals surface area contributed by atoms with E-state index in [2.05, 4.69) is 21.8 Å². The van der Waals surface area contributed by atoms with Crippen molar-refractivity contribution in [1.29, 1.82) is 0 Å². The molecule has 1 fully saturated rings. The first-order valence-corrected chi connectivity index (χ1v) is 13.9. The first-order valence-electron chi connectivity index (χ1n) is 12.2. The Morgan fingerprint density at radius 1 is 1.08 bits per heavy atom. The fourth-order valence-corrected chi connectivity index (χ4v) is 6.21. The highest BCUT2D eigenvalue weighted by atomic mass is 32.1. The summed E-state index contributed by atoms with van der Waals surface area (Å²) in [5, 5.41) is 11.1. The van der Waals surface area contributed by atoms with E-state index in [0.29, 0.717) is 27.5 Å². The molecule has 5 aromatic rings. The number of hydroxylamine groups is 2. The average molecular weight is 561 g/mol. The molecule has 0 spiro atoms. The van der Waals surface area contributed by atoms with E-state index in [1.807, 2.05) is 55.1 Å². The van der Waals surface area contributed by atoms with Gasteiger partial charge < -0.3 is 4.84 Å². The molecule has 0 radical (unpaired) electrons. The van der Waals surface area contributed by atoms with Crippen LogP contribution in [0.25, 0.3) is 43.3 Å². The minimum absolute atomic E-state index is 0.0262. The molecule has 10 nitrogen and oxygen atoms in total. The third kappa shape index (κ3) is 4.84. The van der Waals surface area contributed by atoms with Crippen molar-refractivity contribution in [2.75, 3.05) is 0 Å². The summed E-state index contributed by atoms with van der Waals surface area (Å²) in [6, 6.07) is 9.96. The second kappa shape index (κ2) is 10.1. The van der Waals surface area contributed by atoms with Crippen molar-refractivity contribution in [3.63, 3.8) is 0 Å². The zero-order valence-corrected chi connectivity index (χ0v) is 22.7. The van der Waals surface area contributed by atoms with Gasteiger partial charge in [-0.3, -0.25) is 9.59 Å². The number of hydrogen-bond acceptors (Lipinski definition) is 10. The van der Waals surface area contributed by atoms with E-state index in [1.165, 1.54) is 0 Å². The van der Waals surface area contributed by atoms with Gasteiger partial charge in [-0.2, -0.15) is 0 Å². The fraction of sp³-hybridized carbons (Fsp3) is 0.222. The van der Waals surface area contributed by atoms with Crippen LogP contribution in [0.2, 0.25) is 0 Å². The van der Waals surface area contributed by atoms with E-state index >= 15 is 0 Å². The normalized spacial score (nSPS) is 13.5. The molecule has 196 valence electrons. The lowest BCUT2D eigenvalue weighted by atomic mass is 10.0. The Morgan fingerprint density at radius 2 is 1.87 bits per heavy atom. The summed E-state index contributed by atoms with van der Waals surface area (Å²) >= 11 is 3.21. The van der Waals surface area contributed by atoms with Crippen molar-refractivity contribution in [1.82, 2.24) is 20.4 Å². The van der Waals surface area contributed by atoms with Crippen LogP contribution in [0.5, 0.6) is 0 Å². The Labute approximate surface area is 230 Å². The topological polar surface area (TPSA) is 119 Å². The molecular formula is C27H22N5O5S2+. The summed E-state index contributed by atoms with van der Waals surface area (Å²) < 4.78 is 7.06. The Bertz CT molecular complexity index is 1740. The number of fused-ring (bicyclic) bond motifs is 1. The number of aromatic nitrogens is 4. The number of imide groups is 1. The highest BCUT2D eigenvalue weighted by molar-refractivity contribution is 7.15. The summed E-state index contributed by atoms with van der Waals surface area (Å²) in [4.78, 5) is 49.1. The Morgan fingerprint density at radius 3 is 2.59 bits per heavy atom. The van der Waals surface area contributed by atoms with Crippen LogP contribution in [0.3, 0.4) is 0 Å². The SMILES string of the molecule is Cc1csc(-c2c(-c3ccc[n+](CCC(=O)ON4C(=O)CCC4=O)c3)nc(-c3ccc(C)s3)c3nonc23)c1. The van der Waals surface area contributed by atoms with Gasteiger partial charge >= 0.3 is 5.97 Å². The number of hydrogen-bond donors (Lipinski definition) is 0. The monoisotopic (exact) mass is 560 g/mol. The van der Waals surface area contributed by atoms with E-state index in [9.17, 15) is 14.4 Å². The maximum absolute atomic E-state index is 12.4. The summed E-state index contributed by atoms with van der Waals surface area (Å²) in [7, 11) is 0. The predicted octanol–water partition coefficient (Wildman–Crippen LogP) is 4.64. The minimum atomic E-state index is -0.658. The van der Waals surface area contributed by atoms with Crippen LogP contribution in [0.4, 0.5) is 0 Å². The maximum atomic E-state index is 12.4. The highest BCUT2D eigenvalue weighted by Crippen LogP contribution is 2.42. The zero-order chi connectivity index (χ0) is 27.1. The quantitative estimate of drug-likeness (QED) is 0.209. The third-order valence-electron chi connectivity index (χ3n) is 6.27. The smallest absolute Gasteiger partial charge is 0.330 e. The van der Waals surface area contributed by atoms with Crippen LogP contribution in [0.1, 0.15) is 29.7 Å². The van der Waals surface area contributed by atoms with Crippen molar-refractivity contribution < 1.29 is 28.4 Å². The number of amides is 2. The number of pyridine rings is 2. The number of carbonyl (C=O) groups is 3. The minimum Gasteiger partial charge on any atom is -0.330 e. The first kappa shape index (κ1) is 25.0. The van der Waals surface area contributed by atoms with Gasteiger partial charge in [-0.05, 0) is 59.4 Å². The average Bonchev–Trinajstić information content (AvgIpc) is 3.73. The van der Waals surface area contributed by atoms with E-state index < -0.39 is 17.8 Å². The molecule has 0 bridgehead atoms. The molecule has 39 heavy (non-hydrogen) atoms. The van der Waals surface area contributed by atoms with E-state index in [0.717, 1.165) is 31.3 Å². The van der Waals surface area contributed by atoms with Gasteiger partial charge in [0.05, 0.1) is 16.1 Å². The summed E-state index contributed by atoms with van der Waals surface area (Å²) in [5.41, 5.74) is 5.39. The summed E-state index contributed by atoms with van der Waals surface area (Å²) in [6.45, 7) is 4.35. The van der Waals surface area contributed by atoms with Gasteiger partial charge in [0.15, 0.2) is 24.5 Å². The standard InChI is InChI=1S/C27H22N5O5S2/c1-15-12-19(38-14-15)23-24(28-25(18-6-5-16(2)39-18)27-26(23)29-37-30-27)17-4-3-10-31(13-17)11-9-22(35)36-32-20(33)7-8-21(32)34/h3-6,10,12-14H,7-9,11H2,1-2H3/q+1. The number of rotatable bonds is 7. The lowest BCUT2D eigenvalue weighted by Gasteiger charge is -2.12. The van der Waals surface area contributed by atoms with Crippen molar-refractivity contribution in [3.05, 3.63) is 58.5 Å². The predicted molar refractivity (Wildman–Crippen MR) is 143 cm³/mol. The number of aryl methyl sites for hydroxylation is 3. The van der Waals surface area contributed by atoms with Crippen molar-refractivity contribution in [2.45, 2.75) is 39.7 Å². The molecule has 0 N–H and O–H groups in total. The Balaban J connectivity index is 1.37. The molecule has 1 saturated heterocycles. The van der Waals surface area contributed by atoms with Gasteiger partial charge in [0.1, 0.15) is 17.6 Å². The van der Waals surface area contributed by atoms with Crippen LogP contribution in [0, 0.1) is 13.8 Å². The Kier molecular flexibility index (Phi) is 6.49. The van der Waals surface area contributed by atoms with Crippen molar-refractivity contribution >= 4 is 51.5 Å². The van der Waals surface area contributed by atoms with Crippen LogP contribution in [0.15, 0.2) is 52.7 Å². The Hall–Kier alpha value is -4.29. The second-order valence-corrected chi connectivity index (χ2v) is 11.4. The van der Waals surface area contributed by atoms with Gasteiger partial charge in [0, 0.05) is 34.2 Å². The zero-order valence-electron chi connectivity index (χ0n) is 21.0. The number of carbonyl (C=O) groups excluding carboxylic acids is 3. The van der Waals surface area contributed by atoms with Gasteiger partial charge in [-0.1, -0.05) is 0 Å². The van der Waals surface area contributed by atoms with Gasteiger partial charge in [-0.15, -0.1) is 27.7 Å². The van der Waals surface area contributed by atoms with E-state index in [-0.39, 0.29) is 25.8 Å². The molecule has 5 aromatic heterocycles. The number of thiophene rings is 2. The molecule has 0 aliphatic carbocycles. The van der Waals surface area contributed by atoms with Crippen LogP contribution in [-0.2, 0) is 25.8 Å². The molecule has 0 saturated carbocycles. The summed E-state index contributed by atoms with van der Waals surface area (Å²) in [6.07, 6.45) is 3.81. The molecule has 0 unspecified atom stereocenters. The van der Waals surface area contributed by atoms with Crippen molar-refractivity contribution in [2.24, 2.45) is 0 Å². The highest BCUT2D eigenvalue weighted by Gasteiger charge is 2.33. The molecule has 0 atom stereocenters. The molecule has 1 aliphatic heterocycles. The van der Waals surface area contributed by atoms with Crippen molar-refractivity contribution in [3.8, 4) is 32.3 Å². The number of nitrogens with zero attached hydrogens (tertiary/aromatic N) is 5. The third-order valence-corrected chi connectivity index (χ3v) is 8.34. The molecule has 1 aliphatic rings. The second-order valence-electron chi connectivity index (χ2n) is 9.17. The van der Waals surface area contributed by atoms with Gasteiger partial charge in [0.25, 0.3) is 11.8 Å². The molecule has 2 amide bonds. The fourth-order valence-electron chi connectivity index (χ4n) is 4.41. The first-order chi connectivity index (χ1) is 18.9. The van der Waals surface area contributed by atoms with Gasteiger partial charge in [0.2, 0.25) is 0 Å². The largest absolute Gasteiger partial charge is 0.339 e. The maximum Gasteiger partial charge on any atom is 0.339 e. The van der Waals surface area contributed by atoms with Gasteiger partial charge in [-0.25, -0.2) is 19.0 Å². The molecular weight excluding hydrogens is 538 g/mol. The molecule has 12 heteroatoms. The summed E-state index contributed by atoms with van der Waals surface area (Å²) in [5.74, 6) is -1.66. The lowest BCUT2D eigenvalue weighted by Crippen LogP contribution is -2.37. The molecule has 6 heterocycles. The van der Waals surface area contributed by atoms with E-state index in [4.69, 9.17) is 14.5 Å².